The third kappa shape index (κ3) is 3.22. The summed E-state index contributed by atoms with van der Waals surface area (Å²) in [5.74, 6) is -0.234. The van der Waals surface area contributed by atoms with Gasteiger partial charge < -0.3 is 4.98 Å². The zero-order valence-corrected chi connectivity index (χ0v) is 10.6. The number of Topliss-reactive ketones (excluding diaryl/α,β-unsaturated/α-hetero) is 1. The summed E-state index contributed by atoms with van der Waals surface area (Å²) >= 11 is 0.837. The second-order valence-corrected chi connectivity index (χ2v) is 4.33. The molecule has 5 nitrogen and oxygen atoms in total. The number of thiocyanates is 1. The van der Waals surface area contributed by atoms with Crippen LogP contribution in [0.3, 0.4) is 0 Å². The average molecular weight is 261 g/mol. The van der Waals surface area contributed by atoms with Gasteiger partial charge in [0.05, 0.1) is 5.75 Å². The number of nitriles is 2. The molecule has 0 spiro atoms. The molecule has 0 radical (unpaired) electrons. The van der Waals surface area contributed by atoms with Crippen molar-refractivity contribution >= 4 is 17.5 Å². The minimum absolute atomic E-state index is 0.0180. The van der Waals surface area contributed by atoms with E-state index in [4.69, 9.17) is 10.5 Å². The van der Waals surface area contributed by atoms with Crippen molar-refractivity contribution < 1.29 is 4.79 Å². The van der Waals surface area contributed by atoms with Crippen molar-refractivity contribution in [2.45, 2.75) is 19.8 Å². The van der Waals surface area contributed by atoms with E-state index in [9.17, 15) is 9.59 Å². The summed E-state index contributed by atoms with van der Waals surface area (Å²) in [4.78, 5) is 25.9. The fraction of sp³-hybridized carbons (Fsp3) is 0.333. The van der Waals surface area contributed by atoms with Gasteiger partial charge in [0.25, 0.3) is 5.56 Å². The molecule has 6 heteroatoms. The maximum absolute atomic E-state index is 11.9. The highest BCUT2D eigenvalue weighted by Gasteiger charge is 2.14. The van der Waals surface area contributed by atoms with Crippen LogP contribution in [0.5, 0.6) is 0 Å². The molecular weight excluding hydrogens is 250 g/mol. The van der Waals surface area contributed by atoms with Crippen molar-refractivity contribution in [1.29, 1.82) is 10.5 Å². The van der Waals surface area contributed by atoms with E-state index in [2.05, 4.69) is 4.98 Å². The zero-order valence-electron chi connectivity index (χ0n) is 9.82. The molecule has 0 amide bonds. The Bertz CT molecular complexity index is 593. The number of aromatic amines is 1. The first-order valence-corrected chi connectivity index (χ1v) is 6.33. The normalized spacial score (nSPS) is 9.50. The topological polar surface area (TPSA) is 97.5 Å². The average Bonchev–Trinajstić information content (AvgIpc) is 2.36. The number of aryl methyl sites for hydroxylation is 1. The quantitative estimate of drug-likeness (QED) is 0.641. The number of pyridine rings is 1. The van der Waals surface area contributed by atoms with Gasteiger partial charge in [0.1, 0.15) is 17.0 Å². The number of nitrogens with one attached hydrogen (secondary N) is 1. The molecule has 0 aliphatic rings. The van der Waals surface area contributed by atoms with Gasteiger partial charge in [-0.3, -0.25) is 9.59 Å². The molecule has 1 rings (SSSR count). The van der Waals surface area contributed by atoms with E-state index in [1.807, 2.05) is 12.3 Å². The van der Waals surface area contributed by atoms with Crippen LogP contribution in [-0.4, -0.2) is 16.5 Å². The van der Waals surface area contributed by atoms with E-state index >= 15 is 0 Å². The molecule has 0 aliphatic heterocycles. The number of ketones is 1. The van der Waals surface area contributed by atoms with Crippen molar-refractivity contribution in [3.8, 4) is 11.5 Å². The third-order valence-corrected chi connectivity index (χ3v) is 2.85. The molecule has 1 aromatic heterocycles. The van der Waals surface area contributed by atoms with Crippen LogP contribution in [0, 0.1) is 22.0 Å². The SMILES string of the molecule is CCCc1[nH]c(=O)c(C#N)cc1C(=O)CSC#N. The lowest BCUT2D eigenvalue weighted by Crippen LogP contribution is -2.18. The van der Waals surface area contributed by atoms with Gasteiger partial charge in [-0.05, 0) is 24.2 Å². The first-order chi connectivity index (χ1) is 8.63. The molecule has 1 N–H and O–H groups in total. The Kier molecular flexibility index (Phi) is 5.16. The lowest BCUT2D eigenvalue weighted by molar-refractivity contribution is 0.102. The molecule has 18 heavy (non-hydrogen) atoms. The second-order valence-electron chi connectivity index (χ2n) is 3.57. The predicted molar refractivity (Wildman–Crippen MR) is 68.2 cm³/mol. The van der Waals surface area contributed by atoms with Crippen LogP contribution in [0.4, 0.5) is 0 Å². The molecule has 1 aromatic rings. The maximum Gasteiger partial charge on any atom is 0.266 e. The van der Waals surface area contributed by atoms with Crippen LogP contribution in [-0.2, 0) is 6.42 Å². The van der Waals surface area contributed by atoms with E-state index < -0.39 is 5.56 Å². The summed E-state index contributed by atoms with van der Waals surface area (Å²) in [6.07, 6.45) is 1.33. The Morgan fingerprint density at radius 2 is 2.22 bits per heavy atom. The van der Waals surface area contributed by atoms with E-state index in [0.29, 0.717) is 17.7 Å². The zero-order chi connectivity index (χ0) is 13.5. The van der Waals surface area contributed by atoms with Gasteiger partial charge >= 0.3 is 0 Å². The van der Waals surface area contributed by atoms with Crippen LogP contribution in [0.2, 0.25) is 0 Å². The van der Waals surface area contributed by atoms with Crippen molar-refractivity contribution in [3.63, 3.8) is 0 Å². The maximum atomic E-state index is 11.9. The number of carbonyl (C=O) groups excluding carboxylic acids is 1. The Labute approximate surface area is 108 Å². The monoisotopic (exact) mass is 261 g/mol. The number of hydrogen-bond donors (Lipinski definition) is 1. The highest BCUT2D eigenvalue weighted by molar-refractivity contribution is 8.04. The van der Waals surface area contributed by atoms with Gasteiger partial charge in [0, 0.05) is 11.3 Å². The fourth-order valence-corrected chi connectivity index (χ4v) is 1.87. The van der Waals surface area contributed by atoms with Gasteiger partial charge in [-0.25, -0.2) is 0 Å². The molecule has 0 fully saturated rings. The molecule has 0 aliphatic carbocycles. The summed E-state index contributed by atoms with van der Waals surface area (Å²) in [5.41, 5.74) is 0.298. The van der Waals surface area contributed by atoms with E-state index in [1.165, 1.54) is 6.07 Å². The molecule has 0 atom stereocenters. The lowest BCUT2D eigenvalue weighted by atomic mass is 10.0. The van der Waals surface area contributed by atoms with Crippen LogP contribution < -0.4 is 5.56 Å². The van der Waals surface area contributed by atoms with E-state index in [1.54, 1.807) is 6.07 Å². The molecule has 0 saturated heterocycles. The van der Waals surface area contributed by atoms with Crippen LogP contribution in [0.1, 0.15) is 35.0 Å². The summed E-state index contributed by atoms with van der Waals surface area (Å²) in [6.45, 7) is 1.93. The largest absolute Gasteiger partial charge is 0.324 e. The molecule has 0 bridgehead atoms. The molecule has 0 aromatic carbocycles. The third-order valence-electron chi connectivity index (χ3n) is 2.31. The van der Waals surface area contributed by atoms with Gasteiger partial charge in [-0.1, -0.05) is 13.3 Å². The molecule has 0 unspecified atom stereocenters. The Balaban J connectivity index is 3.23. The van der Waals surface area contributed by atoms with Crippen LogP contribution >= 0.6 is 11.8 Å². The number of thioether (sulfide) groups is 1. The van der Waals surface area contributed by atoms with Crippen molar-refractivity contribution in [2.75, 3.05) is 5.75 Å². The Hall–Kier alpha value is -2.05. The second kappa shape index (κ2) is 6.63. The van der Waals surface area contributed by atoms with Gasteiger partial charge in [-0.15, -0.1) is 0 Å². The van der Waals surface area contributed by atoms with Crippen molar-refractivity contribution in [1.82, 2.24) is 4.98 Å². The predicted octanol–water partition coefficient (Wildman–Crippen LogP) is 1.60. The first kappa shape index (κ1) is 14.0. The van der Waals surface area contributed by atoms with E-state index in [0.717, 1.165) is 18.2 Å². The standard InChI is InChI=1S/C12H11N3O2S/c1-2-3-10-9(11(16)6-18-7-14)4-8(5-13)12(17)15-10/h4H,2-3,6H2,1H3,(H,15,17). The minimum Gasteiger partial charge on any atom is -0.324 e. The summed E-state index contributed by atoms with van der Waals surface area (Å²) in [7, 11) is 0. The summed E-state index contributed by atoms with van der Waals surface area (Å²) in [6, 6.07) is 3.06. The van der Waals surface area contributed by atoms with Crippen LogP contribution in [0.15, 0.2) is 10.9 Å². The summed E-state index contributed by atoms with van der Waals surface area (Å²) in [5, 5.41) is 19.0. The number of aromatic nitrogens is 1. The summed E-state index contributed by atoms with van der Waals surface area (Å²) < 4.78 is 0. The minimum atomic E-state index is -0.481. The number of nitrogens with zero attached hydrogens (tertiary/aromatic N) is 2. The molecule has 92 valence electrons. The fourth-order valence-electron chi connectivity index (χ4n) is 1.52. The Morgan fingerprint density at radius 1 is 1.50 bits per heavy atom. The number of carbonyl (C=O) groups is 1. The van der Waals surface area contributed by atoms with Crippen molar-refractivity contribution in [2.24, 2.45) is 0 Å². The smallest absolute Gasteiger partial charge is 0.266 e. The highest BCUT2D eigenvalue weighted by atomic mass is 32.2. The molecule has 0 saturated carbocycles. The Morgan fingerprint density at radius 3 is 2.78 bits per heavy atom. The van der Waals surface area contributed by atoms with Crippen molar-refractivity contribution in [3.05, 3.63) is 33.2 Å². The number of H-pyrrole nitrogens is 1. The first-order valence-electron chi connectivity index (χ1n) is 5.34. The lowest BCUT2D eigenvalue weighted by Gasteiger charge is -2.06. The number of hydrogen-bond acceptors (Lipinski definition) is 5. The molecule has 1 heterocycles. The van der Waals surface area contributed by atoms with Gasteiger partial charge in [0.15, 0.2) is 5.78 Å². The highest BCUT2D eigenvalue weighted by Crippen LogP contribution is 2.12. The van der Waals surface area contributed by atoms with E-state index in [-0.39, 0.29) is 17.1 Å². The van der Waals surface area contributed by atoms with Crippen LogP contribution in [0.25, 0.3) is 0 Å². The van der Waals surface area contributed by atoms with Gasteiger partial charge in [0.2, 0.25) is 0 Å². The van der Waals surface area contributed by atoms with Gasteiger partial charge in [-0.2, -0.15) is 10.5 Å². The number of rotatable bonds is 5. The molecular formula is C12H11N3O2S.